The monoisotopic (exact) mass is 172 g/mol. The van der Waals surface area contributed by atoms with Crippen molar-refractivity contribution >= 4 is 5.78 Å². The largest absolute Gasteiger partial charge is 0.294 e. The van der Waals surface area contributed by atoms with Gasteiger partial charge in [-0.3, -0.25) is 4.79 Å². The van der Waals surface area contributed by atoms with Gasteiger partial charge < -0.3 is 0 Å². The Morgan fingerprint density at radius 3 is 2.92 bits per heavy atom. The van der Waals surface area contributed by atoms with Gasteiger partial charge in [0.25, 0.3) is 0 Å². The molecule has 1 unspecified atom stereocenters. The highest BCUT2D eigenvalue weighted by Crippen LogP contribution is 2.25. The number of fused-ring (bicyclic) bond motifs is 1. The lowest BCUT2D eigenvalue weighted by Gasteiger charge is -2.20. The Bertz CT molecular complexity index is 352. The van der Waals surface area contributed by atoms with E-state index in [1.807, 2.05) is 24.3 Å². The Labute approximate surface area is 78.1 Å². The van der Waals surface area contributed by atoms with Crippen LogP contribution in [0.1, 0.15) is 22.3 Å². The molecule has 13 heavy (non-hydrogen) atoms. The van der Waals surface area contributed by atoms with E-state index >= 15 is 0 Å². The summed E-state index contributed by atoms with van der Waals surface area (Å²) in [6.07, 6.45) is 3.68. The molecule has 1 atom stereocenters. The number of ketones is 1. The topological polar surface area (TPSA) is 17.1 Å². The Hall–Kier alpha value is -1.37. The van der Waals surface area contributed by atoms with Crippen molar-refractivity contribution in [3.63, 3.8) is 0 Å². The maximum absolute atomic E-state index is 11.8. The second-order valence-electron chi connectivity index (χ2n) is 3.40. The Morgan fingerprint density at radius 1 is 1.38 bits per heavy atom. The van der Waals surface area contributed by atoms with Gasteiger partial charge in [0.2, 0.25) is 0 Å². The van der Waals surface area contributed by atoms with E-state index in [-0.39, 0.29) is 11.7 Å². The molecule has 2 rings (SSSR count). The minimum absolute atomic E-state index is 0.0369. The maximum Gasteiger partial charge on any atom is 0.169 e. The maximum atomic E-state index is 11.8. The van der Waals surface area contributed by atoms with Crippen LogP contribution >= 0.6 is 0 Å². The lowest BCUT2D eigenvalue weighted by Crippen LogP contribution is -2.20. The molecule has 0 aromatic heterocycles. The van der Waals surface area contributed by atoms with Crippen molar-refractivity contribution in [1.82, 2.24) is 0 Å². The van der Waals surface area contributed by atoms with E-state index in [4.69, 9.17) is 0 Å². The predicted molar refractivity (Wildman–Crippen MR) is 52.8 cm³/mol. The molecule has 0 spiro atoms. The first-order valence-corrected chi connectivity index (χ1v) is 4.57. The van der Waals surface area contributed by atoms with E-state index < -0.39 is 0 Å². The highest BCUT2D eigenvalue weighted by Gasteiger charge is 2.23. The van der Waals surface area contributed by atoms with Crippen molar-refractivity contribution in [1.29, 1.82) is 0 Å². The van der Waals surface area contributed by atoms with E-state index in [1.165, 1.54) is 5.56 Å². The SMILES string of the molecule is C=CC1CCc2ccccc2C1=O. The molecule has 0 bridgehead atoms. The number of carbonyl (C=O) groups excluding carboxylic acids is 1. The molecular formula is C12H12O. The molecule has 0 saturated heterocycles. The molecule has 1 heteroatoms. The van der Waals surface area contributed by atoms with E-state index in [0.29, 0.717) is 0 Å². The van der Waals surface area contributed by atoms with Gasteiger partial charge in [-0.15, -0.1) is 6.58 Å². The summed E-state index contributed by atoms with van der Waals surface area (Å²) in [5, 5.41) is 0. The fourth-order valence-electron chi connectivity index (χ4n) is 1.85. The first-order chi connectivity index (χ1) is 6.33. The number of allylic oxidation sites excluding steroid dienone is 1. The predicted octanol–water partition coefficient (Wildman–Crippen LogP) is 2.62. The number of carbonyl (C=O) groups is 1. The van der Waals surface area contributed by atoms with Crippen LogP contribution in [-0.4, -0.2) is 5.78 Å². The molecular weight excluding hydrogens is 160 g/mol. The van der Waals surface area contributed by atoms with Crippen molar-refractivity contribution in [3.8, 4) is 0 Å². The summed E-state index contributed by atoms with van der Waals surface area (Å²) in [5.74, 6) is 0.270. The van der Waals surface area contributed by atoms with E-state index in [9.17, 15) is 4.79 Å². The lowest BCUT2D eigenvalue weighted by atomic mass is 9.83. The summed E-state index contributed by atoms with van der Waals surface area (Å²) in [6.45, 7) is 3.69. The summed E-state index contributed by atoms with van der Waals surface area (Å²) in [7, 11) is 0. The molecule has 0 amide bonds. The molecule has 0 aliphatic heterocycles. The highest BCUT2D eigenvalue weighted by molar-refractivity contribution is 6.01. The van der Waals surface area contributed by atoms with Crippen LogP contribution in [-0.2, 0) is 6.42 Å². The van der Waals surface area contributed by atoms with E-state index in [1.54, 1.807) is 6.08 Å². The van der Waals surface area contributed by atoms with Crippen LogP contribution in [0.5, 0.6) is 0 Å². The van der Waals surface area contributed by atoms with Gasteiger partial charge in [-0.2, -0.15) is 0 Å². The summed E-state index contributed by atoms with van der Waals surface area (Å²) in [4.78, 5) is 11.8. The average Bonchev–Trinajstić information content (AvgIpc) is 2.19. The Kier molecular flexibility index (Phi) is 2.01. The zero-order chi connectivity index (χ0) is 9.26. The van der Waals surface area contributed by atoms with Gasteiger partial charge in [0.15, 0.2) is 5.78 Å². The number of benzene rings is 1. The van der Waals surface area contributed by atoms with Crippen LogP contribution in [0.4, 0.5) is 0 Å². The minimum Gasteiger partial charge on any atom is -0.294 e. The summed E-state index contributed by atoms with van der Waals surface area (Å²) >= 11 is 0. The summed E-state index contributed by atoms with van der Waals surface area (Å²) in [5.41, 5.74) is 2.07. The van der Waals surface area contributed by atoms with Gasteiger partial charge in [-0.05, 0) is 18.4 Å². The third-order valence-electron chi connectivity index (χ3n) is 2.63. The standard InChI is InChI=1S/C12H12O/c1-2-9-7-8-10-5-3-4-6-11(10)12(9)13/h2-6,9H,1,7-8H2. The van der Waals surface area contributed by atoms with Gasteiger partial charge in [-0.1, -0.05) is 30.3 Å². The number of hydrogen-bond donors (Lipinski definition) is 0. The molecule has 0 radical (unpaired) electrons. The van der Waals surface area contributed by atoms with Gasteiger partial charge >= 0.3 is 0 Å². The van der Waals surface area contributed by atoms with Crippen LogP contribution < -0.4 is 0 Å². The fourth-order valence-corrected chi connectivity index (χ4v) is 1.85. The van der Waals surface area contributed by atoms with Crippen LogP contribution in [0.3, 0.4) is 0 Å². The van der Waals surface area contributed by atoms with Gasteiger partial charge in [0.1, 0.15) is 0 Å². The number of aryl methyl sites for hydroxylation is 1. The van der Waals surface area contributed by atoms with Gasteiger partial charge in [0.05, 0.1) is 0 Å². The zero-order valence-corrected chi connectivity index (χ0v) is 7.49. The molecule has 0 saturated carbocycles. The van der Waals surface area contributed by atoms with Crippen molar-refractivity contribution < 1.29 is 4.79 Å². The highest BCUT2D eigenvalue weighted by atomic mass is 16.1. The van der Waals surface area contributed by atoms with Crippen LogP contribution in [0.2, 0.25) is 0 Å². The third kappa shape index (κ3) is 1.31. The van der Waals surface area contributed by atoms with Crippen molar-refractivity contribution in [2.45, 2.75) is 12.8 Å². The molecule has 0 fully saturated rings. The Morgan fingerprint density at radius 2 is 2.15 bits per heavy atom. The first kappa shape index (κ1) is 8.24. The summed E-state index contributed by atoms with van der Waals surface area (Å²) in [6, 6.07) is 7.85. The normalized spacial score (nSPS) is 20.9. The van der Waals surface area contributed by atoms with Gasteiger partial charge in [-0.25, -0.2) is 0 Å². The number of rotatable bonds is 1. The average molecular weight is 172 g/mol. The van der Waals surface area contributed by atoms with Crippen molar-refractivity contribution in [2.75, 3.05) is 0 Å². The van der Waals surface area contributed by atoms with Crippen LogP contribution in [0.15, 0.2) is 36.9 Å². The molecule has 0 N–H and O–H groups in total. The molecule has 0 heterocycles. The second-order valence-corrected chi connectivity index (χ2v) is 3.40. The van der Waals surface area contributed by atoms with E-state index in [0.717, 1.165) is 18.4 Å². The van der Waals surface area contributed by atoms with Crippen molar-refractivity contribution in [3.05, 3.63) is 48.0 Å². The van der Waals surface area contributed by atoms with Crippen LogP contribution in [0, 0.1) is 5.92 Å². The molecule has 1 aromatic rings. The first-order valence-electron chi connectivity index (χ1n) is 4.57. The Balaban J connectivity index is 2.45. The number of Topliss-reactive ketones (excluding diaryl/α,β-unsaturated/α-hetero) is 1. The quantitative estimate of drug-likeness (QED) is 0.595. The van der Waals surface area contributed by atoms with E-state index in [2.05, 4.69) is 6.58 Å². The van der Waals surface area contributed by atoms with Crippen molar-refractivity contribution in [2.24, 2.45) is 5.92 Å². The fraction of sp³-hybridized carbons (Fsp3) is 0.250. The molecule has 1 aromatic carbocycles. The minimum atomic E-state index is 0.0369. The number of hydrogen-bond acceptors (Lipinski definition) is 1. The second kappa shape index (κ2) is 3.17. The summed E-state index contributed by atoms with van der Waals surface area (Å²) < 4.78 is 0. The smallest absolute Gasteiger partial charge is 0.169 e. The third-order valence-corrected chi connectivity index (χ3v) is 2.63. The van der Waals surface area contributed by atoms with Crippen LogP contribution in [0.25, 0.3) is 0 Å². The lowest BCUT2D eigenvalue weighted by molar-refractivity contribution is 0.0931. The van der Waals surface area contributed by atoms with Gasteiger partial charge in [0, 0.05) is 11.5 Å². The zero-order valence-electron chi connectivity index (χ0n) is 7.49. The molecule has 1 nitrogen and oxygen atoms in total. The molecule has 66 valence electrons. The molecule has 1 aliphatic carbocycles. The molecule has 1 aliphatic rings.